The van der Waals surface area contributed by atoms with Crippen molar-refractivity contribution in [1.29, 1.82) is 0 Å². The van der Waals surface area contributed by atoms with E-state index in [2.05, 4.69) is 17.0 Å². The highest BCUT2D eigenvalue weighted by Gasteiger charge is 2.34. The first-order valence-electron chi connectivity index (χ1n) is 11.4. The topological polar surface area (TPSA) is 49.9 Å². The number of hydrogen-bond acceptors (Lipinski definition) is 5. The summed E-state index contributed by atoms with van der Waals surface area (Å²) in [5.41, 5.74) is 2.14. The zero-order chi connectivity index (χ0) is 22.6. The number of anilines is 1. The molecular weight excluding hydrogens is 432 g/mol. The predicted molar refractivity (Wildman–Crippen MR) is 135 cm³/mol. The van der Waals surface area contributed by atoms with E-state index in [1.807, 2.05) is 54.6 Å². The second kappa shape index (κ2) is 9.71. The first-order chi connectivity index (χ1) is 16.2. The molecule has 5 nitrogen and oxygen atoms in total. The Bertz CT molecular complexity index is 1190. The number of piperidine rings is 1. The van der Waals surface area contributed by atoms with Crippen LogP contribution in [0.4, 0.5) is 10.5 Å². The molecule has 5 rings (SSSR count). The molecule has 2 amide bonds. The maximum Gasteiger partial charge on any atom is 0.293 e. The Labute approximate surface area is 198 Å². The molecule has 33 heavy (non-hydrogen) atoms. The Morgan fingerprint density at radius 1 is 0.879 bits per heavy atom. The van der Waals surface area contributed by atoms with Crippen molar-refractivity contribution in [2.24, 2.45) is 0 Å². The van der Waals surface area contributed by atoms with Crippen LogP contribution in [0.3, 0.4) is 0 Å². The van der Waals surface area contributed by atoms with Crippen molar-refractivity contribution in [1.82, 2.24) is 4.90 Å². The average Bonchev–Trinajstić information content (AvgIpc) is 3.12. The molecule has 3 aromatic rings. The van der Waals surface area contributed by atoms with E-state index in [1.54, 1.807) is 6.08 Å². The molecule has 0 spiro atoms. The summed E-state index contributed by atoms with van der Waals surface area (Å²) in [6.45, 7) is 2.67. The molecule has 0 atom stereocenters. The summed E-state index contributed by atoms with van der Waals surface area (Å²) in [6, 6.07) is 22.1. The van der Waals surface area contributed by atoms with Gasteiger partial charge in [0, 0.05) is 24.2 Å². The first kappa shape index (κ1) is 21.6. The Morgan fingerprint density at radius 3 is 2.45 bits per heavy atom. The van der Waals surface area contributed by atoms with Crippen LogP contribution in [0, 0.1) is 0 Å². The van der Waals surface area contributed by atoms with Gasteiger partial charge in [0.25, 0.3) is 11.1 Å². The van der Waals surface area contributed by atoms with Crippen molar-refractivity contribution in [2.75, 3.05) is 31.1 Å². The largest absolute Gasteiger partial charge is 0.491 e. The van der Waals surface area contributed by atoms with Gasteiger partial charge < -0.3 is 9.64 Å². The minimum absolute atomic E-state index is 0.221. The third kappa shape index (κ3) is 4.76. The van der Waals surface area contributed by atoms with E-state index in [9.17, 15) is 9.59 Å². The fourth-order valence-corrected chi connectivity index (χ4v) is 5.21. The van der Waals surface area contributed by atoms with Gasteiger partial charge in [-0.1, -0.05) is 48.5 Å². The maximum absolute atomic E-state index is 12.8. The van der Waals surface area contributed by atoms with Gasteiger partial charge in [0.15, 0.2) is 0 Å². The van der Waals surface area contributed by atoms with E-state index < -0.39 is 0 Å². The molecule has 6 heteroatoms. The lowest BCUT2D eigenvalue weighted by Crippen LogP contribution is -2.32. The number of rotatable bonds is 6. The minimum Gasteiger partial charge on any atom is -0.491 e. The summed E-state index contributed by atoms with van der Waals surface area (Å²) in [5.74, 6) is 0.496. The zero-order valence-corrected chi connectivity index (χ0v) is 19.2. The highest BCUT2D eigenvalue weighted by molar-refractivity contribution is 8.18. The number of amides is 2. The quantitative estimate of drug-likeness (QED) is 0.428. The number of benzene rings is 3. The van der Waals surface area contributed by atoms with Crippen LogP contribution in [0.1, 0.15) is 24.8 Å². The van der Waals surface area contributed by atoms with Gasteiger partial charge in [0.2, 0.25) is 0 Å². The molecule has 0 bridgehead atoms. The normalized spacial score (nSPS) is 17.9. The van der Waals surface area contributed by atoms with Gasteiger partial charge >= 0.3 is 0 Å². The molecule has 0 radical (unpaired) electrons. The van der Waals surface area contributed by atoms with Crippen molar-refractivity contribution in [3.05, 3.63) is 77.2 Å². The standard InChI is InChI=1S/C27H26N2O3S/c30-26-25(19-20-11-13-22(14-12-20)28-15-4-1-5-16-28)33-27(31)29(26)17-18-32-24-10-6-8-21-7-2-3-9-23(21)24/h2-3,6-14,19H,1,4-5,15-18H2/b25-19-. The molecule has 2 fully saturated rings. The van der Waals surface area contributed by atoms with E-state index in [-0.39, 0.29) is 24.3 Å². The summed E-state index contributed by atoms with van der Waals surface area (Å²) in [6.07, 6.45) is 5.58. The number of ether oxygens (including phenoxy) is 1. The monoisotopic (exact) mass is 458 g/mol. The summed E-state index contributed by atoms with van der Waals surface area (Å²) in [4.78, 5) is 29.4. The number of hydrogen-bond donors (Lipinski definition) is 0. The van der Waals surface area contributed by atoms with Crippen LogP contribution in [0.25, 0.3) is 16.8 Å². The summed E-state index contributed by atoms with van der Waals surface area (Å²) in [7, 11) is 0. The molecule has 2 aliphatic rings. The van der Waals surface area contributed by atoms with Crippen LogP contribution >= 0.6 is 11.8 Å². The molecule has 168 valence electrons. The number of carbonyl (C=O) groups excluding carboxylic acids is 2. The fraction of sp³-hybridized carbons (Fsp3) is 0.259. The fourth-order valence-electron chi connectivity index (χ4n) is 4.35. The average molecular weight is 459 g/mol. The number of fused-ring (bicyclic) bond motifs is 1. The van der Waals surface area contributed by atoms with Crippen LogP contribution in [0.5, 0.6) is 5.75 Å². The van der Waals surface area contributed by atoms with Crippen LogP contribution in [0.15, 0.2) is 71.6 Å². The molecule has 2 heterocycles. The Hall–Kier alpha value is -3.25. The second-order valence-corrected chi connectivity index (χ2v) is 9.29. The number of carbonyl (C=O) groups is 2. The predicted octanol–water partition coefficient (Wildman–Crippen LogP) is 5.95. The Morgan fingerprint density at radius 2 is 1.64 bits per heavy atom. The van der Waals surface area contributed by atoms with Gasteiger partial charge in [0.1, 0.15) is 12.4 Å². The van der Waals surface area contributed by atoms with Crippen molar-refractivity contribution in [3.63, 3.8) is 0 Å². The molecular formula is C27H26N2O3S. The molecule has 0 aromatic heterocycles. The SMILES string of the molecule is O=C1S/C(=C\c2ccc(N3CCCCC3)cc2)C(=O)N1CCOc1cccc2ccccc12. The van der Waals surface area contributed by atoms with Gasteiger partial charge in [-0.3, -0.25) is 14.5 Å². The van der Waals surface area contributed by atoms with Gasteiger partial charge in [-0.2, -0.15) is 0 Å². The minimum atomic E-state index is -0.258. The molecule has 3 aromatic carbocycles. The summed E-state index contributed by atoms with van der Waals surface area (Å²) in [5, 5.41) is 1.86. The van der Waals surface area contributed by atoms with Crippen LogP contribution in [-0.2, 0) is 4.79 Å². The lowest BCUT2D eigenvalue weighted by Gasteiger charge is -2.28. The Kier molecular flexibility index (Phi) is 6.35. The van der Waals surface area contributed by atoms with E-state index in [4.69, 9.17) is 4.74 Å². The first-order valence-corrected chi connectivity index (χ1v) is 12.2. The number of imide groups is 1. The van der Waals surface area contributed by atoms with Crippen molar-refractivity contribution in [3.8, 4) is 5.75 Å². The molecule has 0 unspecified atom stereocenters. The van der Waals surface area contributed by atoms with Gasteiger partial charge in [-0.05, 0) is 66.2 Å². The summed E-state index contributed by atoms with van der Waals surface area (Å²) < 4.78 is 5.92. The molecule has 0 aliphatic carbocycles. The lowest BCUT2D eigenvalue weighted by molar-refractivity contribution is -0.123. The van der Waals surface area contributed by atoms with Crippen LogP contribution in [0.2, 0.25) is 0 Å². The molecule has 2 saturated heterocycles. The van der Waals surface area contributed by atoms with Crippen molar-refractivity contribution >= 4 is 45.4 Å². The summed E-state index contributed by atoms with van der Waals surface area (Å²) >= 11 is 0.990. The van der Waals surface area contributed by atoms with Crippen molar-refractivity contribution in [2.45, 2.75) is 19.3 Å². The second-order valence-electron chi connectivity index (χ2n) is 8.30. The van der Waals surface area contributed by atoms with Gasteiger partial charge in [-0.25, -0.2) is 0 Å². The van der Waals surface area contributed by atoms with Gasteiger partial charge in [0.05, 0.1) is 11.4 Å². The van der Waals surface area contributed by atoms with Crippen molar-refractivity contribution < 1.29 is 14.3 Å². The third-order valence-electron chi connectivity index (χ3n) is 6.11. The smallest absolute Gasteiger partial charge is 0.293 e. The van der Waals surface area contributed by atoms with Gasteiger partial charge in [-0.15, -0.1) is 0 Å². The Balaban J connectivity index is 1.22. The van der Waals surface area contributed by atoms with Crippen LogP contribution < -0.4 is 9.64 Å². The van der Waals surface area contributed by atoms with E-state index in [0.717, 1.165) is 46.9 Å². The highest BCUT2D eigenvalue weighted by atomic mass is 32.2. The third-order valence-corrected chi connectivity index (χ3v) is 7.02. The zero-order valence-electron chi connectivity index (χ0n) is 18.4. The molecule has 0 saturated carbocycles. The van der Waals surface area contributed by atoms with E-state index >= 15 is 0 Å². The van der Waals surface area contributed by atoms with E-state index in [0.29, 0.717) is 4.91 Å². The highest BCUT2D eigenvalue weighted by Crippen LogP contribution is 2.33. The molecule has 0 N–H and O–H groups in total. The number of thioether (sulfide) groups is 1. The van der Waals surface area contributed by atoms with Crippen LogP contribution in [-0.4, -0.2) is 42.3 Å². The number of nitrogens with zero attached hydrogens (tertiary/aromatic N) is 2. The van der Waals surface area contributed by atoms with E-state index in [1.165, 1.54) is 29.8 Å². The molecule has 2 aliphatic heterocycles. The maximum atomic E-state index is 12.8. The lowest BCUT2D eigenvalue weighted by atomic mass is 10.1.